The van der Waals surface area contributed by atoms with E-state index >= 15 is 0 Å². The number of rotatable bonds is 4. The summed E-state index contributed by atoms with van der Waals surface area (Å²) in [7, 11) is 0. The molecule has 0 fully saturated rings. The van der Waals surface area contributed by atoms with Gasteiger partial charge in [0.05, 0.1) is 11.4 Å². The Kier molecular flexibility index (Phi) is 6.28. The van der Waals surface area contributed by atoms with Crippen molar-refractivity contribution in [1.82, 2.24) is 9.97 Å². The zero-order valence-corrected chi connectivity index (χ0v) is 26.3. The lowest BCUT2D eigenvalue weighted by Gasteiger charge is -2.42. The number of hydrogen-bond donors (Lipinski definition) is 0. The number of furan rings is 1. The lowest BCUT2D eigenvalue weighted by atomic mass is 9.63. The summed E-state index contributed by atoms with van der Waals surface area (Å²) in [5, 5.41) is 2.20. The average Bonchev–Trinajstić information content (AvgIpc) is 3.46. The van der Waals surface area contributed by atoms with Gasteiger partial charge in [0, 0.05) is 27.5 Å². The van der Waals surface area contributed by atoms with Crippen LogP contribution in [-0.4, -0.2) is 9.97 Å². The van der Waals surface area contributed by atoms with Crippen molar-refractivity contribution >= 4 is 21.9 Å². The van der Waals surface area contributed by atoms with Crippen molar-refractivity contribution in [2.45, 2.75) is 51.4 Å². The zero-order chi connectivity index (χ0) is 30.8. The van der Waals surface area contributed by atoms with Crippen LogP contribution in [0.15, 0.2) is 126 Å². The maximum Gasteiger partial charge on any atom is 0.160 e. The highest BCUT2D eigenvalue weighted by atomic mass is 16.3. The van der Waals surface area contributed by atoms with E-state index < -0.39 is 0 Å². The number of nitrogens with zero attached hydrogens (tertiary/aromatic N) is 2. The fourth-order valence-electron chi connectivity index (χ4n) is 7.03. The molecule has 0 amide bonds. The van der Waals surface area contributed by atoms with Crippen LogP contribution in [0.3, 0.4) is 0 Å². The second kappa shape index (κ2) is 10.3. The van der Waals surface area contributed by atoms with E-state index in [9.17, 15) is 0 Å². The summed E-state index contributed by atoms with van der Waals surface area (Å²) in [5.41, 5.74) is 11.9. The van der Waals surface area contributed by atoms with E-state index in [1.54, 1.807) is 0 Å². The highest BCUT2D eigenvalue weighted by Gasteiger charge is 2.37. The van der Waals surface area contributed by atoms with Gasteiger partial charge in [-0.25, -0.2) is 9.97 Å². The molecule has 0 aliphatic heterocycles. The molecule has 0 saturated heterocycles. The van der Waals surface area contributed by atoms with Crippen LogP contribution in [0.5, 0.6) is 0 Å². The molecular formula is C42H36N2O. The lowest BCUT2D eigenvalue weighted by molar-refractivity contribution is 0.332. The van der Waals surface area contributed by atoms with Gasteiger partial charge in [-0.3, -0.25) is 0 Å². The maximum absolute atomic E-state index is 6.47. The summed E-state index contributed by atoms with van der Waals surface area (Å²) in [6.45, 7) is 9.46. The van der Waals surface area contributed by atoms with E-state index in [-0.39, 0.29) is 10.8 Å². The van der Waals surface area contributed by atoms with Crippen LogP contribution >= 0.6 is 0 Å². The van der Waals surface area contributed by atoms with Crippen molar-refractivity contribution in [2.24, 2.45) is 0 Å². The van der Waals surface area contributed by atoms with Crippen LogP contribution < -0.4 is 0 Å². The predicted octanol–water partition coefficient (Wildman–Crippen LogP) is 11.4. The molecule has 0 saturated carbocycles. The minimum atomic E-state index is 0.0885. The maximum atomic E-state index is 6.47. The normalized spacial score (nSPS) is 15.3. The van der Waals surface area contributed by atoms with Crippen LogP contribution in [0.25, 0.3) is 67.0 Å². The fourth-order valence-corrected chi connectivity index (χ4v) is 7.03. The Bertz CT molecular complexity index is 2220. The van der Waals surface area contributed by atoms with E-state index in [4.69, 9.17) is 14.4 Å². The molecule has 0 N–H and O–H groups in total. The molecule has 2 heterocycles. The Morgan fingerprint density at radius 1 is 0.511 bits per heavy atom. The molecule has 2 aromatic heterocycles. The first kappa shape index (κ1) is 27.5. The molecule has 1 aliphatic rings. The molecule has 3 heteroatoms. The Morgan fingerprint density at radius 3 is 2.02 bits per heavy atom. The molecular weight excluding hydrogens is 548 g/mol. The van der Waals surface area contributed by atoms with Gasteiger partial charge < -0.3 is 4.42 Å². The van der Waals surface area contributed by atoms with Crippen molar-refractivity contribution < 1.29 is 4.42 Å². The number of fused-ring (bicyclic) bond motifs is 4. The summed E-state index contributed by atoms with van der Waals surface area (Å²) >= 11 is 0. The van der Waals surface area contributed by atoms with Gasteiger partial charge in [0.15, 0.2) is 5.82 Å². The molecule has 7 aromatic rings. The minimum Gasteiger partial charge on any atom is -0.455 e. The molecule has 45 heavy (non-hydrogen) atoms. The van der Waals surface area contributed by atoms with Gasteiger partial charge in [-0.1, -0.05) is 119 Å². The van der Waals surface area contributed by atoms with Crippen molar-refractivity contribution in [3.63, 3.8) is 0 Å². The Balaban J connectivity index is 1.35. The average molecular weight is 585 g/mol. The standard InChI is InChI=1S/C42H36N2O/c1-41(2)22-23-42(3,4)35-25-30(20-21-34(35)41)40-43-36(29-15-10-14-28(24-29)27-12-6-5-7-13-27)26-37(44-40)33-18-11-17-32-31-16-8-9-19-38(31)45-39(32)33/h5-21,24-26H,22-23H2,1-4H3. The third-order valence-electron chi connectivity index (χ3n) is 9.78. The van der Waals surface area contributed by atoms with Gasteiger partial charge in [-0.2, -0.15) is 0 Å². The minimum absolute atomic E-state index is 0.0885. The third-order valence-corrected chi connectivity index (χ3v) is 9.78. The molecule has 1 aliphatic carbocycles. The molecule has 3 nitrogen and oxygen atoms in total. The zero-order valence-electron chi connectivity index (χ0n) is 26.3. The SMILES string of the molecule is CC1(C)CCC(C)(C)c2cc(-c3nc(-c4cccc(-c5ccccc5)c4)cc(-c4cccc5c4oc4ccccc45)n3)ccc21. The lowest BCUT2D eigenvalue weighted by Crippen LogP contribution is -2.33. The monoisotopic (exact) mass is 584 g/mol. The summed E-state index contributed by atoms with van der Waals surface area (Å²) in [6.07, 6.45) is 2.34. The van der Waals surface area contributed by atoms with Crippen LogP contribution in [0.1, 0.15) is 51.7 Å². The highest BCUT2D eigenvalue weighted by molar-refractivity contribution is 6.09. The fraction of sp³-hybridized carbons (Fsp3) is 0.190. The molecule has 0 atom stereocenters. The molecule has 220 valence electrons. The first-order valence-electron chi connectivity index (χ1n) is 15.9. The van der Waals surface area contributed by atoms with Crippen molar-refractivity contribution in [2.75, 3.05) is 0 Å². The molecule has 0 spiro atoms. The Hall–Kier alpha value is -5.02. The molecule has 8 rings (SSSR count). The van der Waals surface area contributed by atoms with Gasteiger partial charge in [0.25, 0.3) is 0 Å². The molecule has 5 aromatic carbocycles. The predicted molar refractivity (Wildman–Crippen MR) is 186 cm³/mol. The van der Waals surface area contributed by atoms with Gasteiger partial charge in [0.2, 0.25) is 0 Å². The van der Waals surface area contributed by atoms with Gasteiger partial charge >= 0.3 is 0 Å². The van der Waals surface area contributed by atoms with Crippen LogP contribution in [0.4, 0.5) is 0 Å². The number of benzene rings is 5. The van der Waals surface area contributed by atoms with E-state index in [0.717, 1.165) is 67.8 Å². The van der Waals surface area contributed by atoms with E-state index in [2.05, 4.69) is 137 Å². The third kappa shape index (κ3) is 4.75. The van der Waals surface area contributed by atoms with Crippen molar-refractivity contribution in [3.8, 4) is 45.0 Å². The largest absolute Gasteiger partial charge is 0.455 e. The first-order valence-corrected chi connectivity index (χ1v) is 15.9. The Labute approximate surface area is 264 Å². The van der Waals surface area contributed by atoms with Crippen LogP contribution in [-0.2, 0) is 10.8 Å². The summed E-state index contributed by atoms with van der Waals surface area (Å²) in [6, 6.07) is 42.7. The smallest absolute Gasteiger partial charge is 0.160 e. The van der Waals surface area contributed by atoms with Gasteiger partial charge in [0.1, 0.15) is 11.2 Å². The number of hydrogen-bond acceptors (Lipinski definition) is 3. The van der Waals surface area contributed by atoms with Gasteiger partial charge in [-0.15, -0.1) is 0 Å². The topological polar surface area (TPSA) is 38.9 Å². The van der Waals surface area contributed by atoms with E-state index in [1.165, 1.54) is 23.1 Å². The van der Waals surface area contributed by atoms with Crippen molar-refractivity contribution in [3.05, 3.63) is 132 Å². The molecule has 0 radical (unpaired) electrons. The summed E-state index contributed by atoms with van der Waals surface area (Å²) in [5.74, 6) is 0.725. The van der Waals surface area contributed by atoms with Crippen LogP contribution in [0.2, 0.25) is 0 Å². The summed E-state index contributed by atoms with van der Waals surface area (Å²) in [4.78, 5) is 10.5. The summed E-state index contributed by atoms with van der Waals surface area (Å²) < 4.78 is 6.47. The quantitative estimate of drug-likeness (QED) is 0.207. The van der Waals surface area contributed by atoms with Crippen molar-refractivity contribution in [1.29, 1.82) is 0 Å². The van der Waals surface area contributed by atoms with E-state index in [0.29, 0.717) is 0 Å². The number of aromatic nitrogens is 2. The van der Waals surface area contributed by atoms with Gasteiger partial charge in [-0.05, 0) is 76.3 Å². The second-order valence-corrected chi connectivity index (χ2v) is 13.7. The van der Waals surface area contributed by atoms with E-state index in [1.807, 2.05) is 12.1 Å². The van der Waals surface area contributed by atoms with Crippen LogP contribution in [0, 0.1) is 0 Å². The molecule has 0 unspecified atom stereocenters. The molecule has 0 bridgehead atoms. The number of para-hydroxylation sites is 2. The Morgan fingerprint density at radius 2 is 1.18 bits per heavy atom. The highest BCUT2D eigenvalue weighted by Crippen LogP contribution is 2.47. The first-order chi connectivity index (χ1) is 21.8. The second-order valence-electron chi connectivity index (χ2n) is 13.7.